The maximum atomic E-state index is 2.57. The lowest BCUT2D eigenvalue weighted by molar-refractivity contribution is 0.748. The number of benzene rings is 8. The van der Waals surface area contributed by atoms with Crippen LogP contribution >= 0.6 is 0 Å². The van der Waals surface area contributed by atoms with Gasteiger partial charge in [-0.1, -0.05) is 152 Å². The van der Waals surface area contributed by atoms with Crippen LogP contribution in [0.2, 0.25) is 0 Å². The maximum absolute atomic E-state index is 2.67. The zero-order valence-electron chi connectivity index (χ0n) is 30.2. The monoisotopic (exact) mass is 704 g/mol. The average molecular weight is 705 g/mol. The molecule has 3 heteroatoms. The largest absolute Gasteiger partial charge is 0.345 e. The highest BCUT2D eigenvalue weighted by molar-refractivity contribution is 7.23. The number of hydrogen-bond acceptors (Lipinski definition) is 2. The molecule has 54 heavy (non-hydrogen) atoms. The smallest absolute Gasteiger partial charge is 0.185 e. The number of nitrogens with zero attached hydrogens (tertiary/aromatic N) is 2. The van der Waals surface area contributed by atoms with Crippen molar-refractivity contribution in [3.05, 3.63) is 204 Å². The van der Waals surface area contributed by atoms with Crippen molar-refractivity contribution in [2.45, 2.75) is 5.41 Å². The number of anilines is 4. The van der Waals surface area contributed by atoms with Gasteiger partial charge in [-0.15, -0.1) is 0 Å². The Kier molecular flexibility index (Phi) is 5.90. The van der Waals surface area contributed by atoms with Crippen molar-refractivity contribution in [3.63, 3.8) is 0 Å². The minimum Gasteiger partial charge on any atom is -0.345 e. The Labute approximate surface area is 317 Å². The van der Waals surface area contributed by atoms with E-state index in [2.05, 4.69) is 206 Å². The molecule has 3 aliphatic heterocycles. The molecule has 12 rings (SSSR count). The van der Waals surface area contributed by atoms with Gasteiger partial charge in [0, 0.05) is 36.8 Å². The van der Waals surface area contributed by atoms with Crippen molar-refractivity contribution in [1.29, 1.82) is 0 Å². The first-order valence-corrected chi connectivity index (χ1v) is 21.0. The van der Waals surface area contributed by atoms with Crippen LogP contribution in [0.3, 0.4) is 0 Å². The van der Waals surface area contributed by atoms with Crippen LogP contribution in [-0.2, 0) is 5.41 Å². The molecule has 0 atom stereocenters. The molecule has 8 aromatic rings. The van der Waals surface area contributed by atoms with Crippen molar-refractivity contribution in [2.75, 3.05) is 23.9 Å². The van der Waals surface area contributed by atoms with Crippen LogP contribution in [0.1, 0.15) is 22.3 Å². The molecule has 0 saturated carbocycles. The van der Waals surface area contributed by atoms with Crippen molar-refractivity contribution >= 4 is 51.6 Å². The van der Waals surface area contributed by atoms with Gasteiger partial charge in [0.05, 0.1) is 5.41 Å². The molecule has 2 spiro atoms. The Morgan fingerprint density at radius 3 is 1.41 bits per heavy atom. The summed E-state index contributed by atoms with van der Waals surface area (Å²) in [6.45, 7) is 0. The molecule has 0 bridgehead atoms. The van der Waals surface area contributed by atoms with E-state index in [0.29, 0.717) is 0 Å². The Balaban J connectivity index is 1.15. The number of fused-ring (bicyclic) bond motifs is 18. The molecule has 3 heterocycles. The minimum atomic E-state index is -2.67. The molecule has 0 fully saturated rings. The lowest BCUT2D eigenvalue weighted by Crippen LogP contribution is -2.75. The van der Waals surface area contributed by atoms with Crippen molar-refractivity contribution < 1.29 is 0 Å². The summed E-state index contributed by atoms with van der Waals surface area (Å²) < 4.78 is 0. The van der Waals surface area contributed by atoms with Gasteiger partial charge in [-0.25, -0.2) is 0 Å². The summed E-state index contributed by atoms with van der Waals surface area (Å²) in [5.74, 6) is 0. The fraction of sp³-hybridized carbons (Fsp3) is 0.0588. The van der Waals surface area contributed by atoms with E-state index >= 15 is 0 Å². The van der Waals surface area contributed by atoms with Crippen LogP contribution in [0.25, 0.3) is 33.4 Å². The van der Waals surface area contributed by atoms with E-state index in [1.165, 1.54) is 99.1 Å². The molecular formula is C51H36N2Si. The Bertz CT molecular complexity index is 2620. The van der Waals surface area contributed by atoms with Crippen LogP contribution in [0.4, 0.5) is 22.7 Å². The third-order valence-corrected chi connectivity index (χ3v) is 18.0. The fourth-order valence-corrected chi connectivity index (χ4v) is 16.6. The van der Waals surface area contributed by atoms with Crippen LogP contribution in [-0.4, -0.2) is 22.2 Å². The summed E-state index contributed by atoms with van der Waals surface area (Å²) >= 11 is 0. The highest BCUT2D eigenvalue weighted by atomic mass is 28.3. The van der Waals surface area contributed by atoms with Gasteiger partial charge < -0.3 is 9.80 Å². The van der Waals surface area contributed by atoms with Crippen molar-refractivity contribution in [2.24, 2.45) is 0 Å². The van der Waals surface area contributed by atoms with Crippen molar-refractivity contribution in [3.8, 4) is 33.4 Å². The summed E-state index contributed by atoms with van der Waals surface area (Å²) in [6, 6.07) is 69.4. The van der Waals surface area contributed by atoms with Crippen LogP contribution in [0, 0.1) is 0 Å². The van der Waals surface area contributed by atoms with E-state index in [1.807, 2.05) is 0 Å². The molecule has 0 radical (unpaired) electrons. The quantitative estimate of drug-likeness (QED) is 0.157. The lowest BCUT2D eigenvalue weighted by Gasteiger charge is -2.44. The van der Waals surface area contributed by atoms with Gasteiger partial charge in [-0.3, -0.25) is 0 Å². The summed E-state index contributed by atoms with van der Waals surface area (Å²) in [4.78, 5) is 4.83. The maximum Gasteiger partial charge on any atom is 0.185 e. The first kappa shape index (κ1) is 30.1. The van der Waals surface area contributed by atoms with E-state index in [4.69, 9.17) is 0 Å². The van der Waals surface area contributed by atoms with Gasteiger partial charge >= 0.3 is 0 Å². The second-order valence-electron chi connectivity index (χ2n) is 15.3. The van der Waals surface area contributed by atoms with Crippen molar-refractivity contribution in [1.82, 2.24) is 0 Å². The van der Waals surface area contributed by atoms with E-state index in [0.717, 1.165) is 0 Å². The molecule has 2 nitrogen and oxygen atoms in total. The van der Waals surface area contributed by atoms with Gasteiger partial charge in [-0.05, 0) is 107 Å². The number of hydrogen-bond donors (Lipinski definition) is 0. The predicted octanol–water partition coefficient (Wildman–Crippen LogP) is 9.24. The van der Waals surface area contributed by atoms with Gasteiger partial charge in [0.1, 0.15) is 0 Å². The zero-order valence-corrected chi connectivity index (χ0v) is 31.2. The minimum absolute atomic E-state index is 0.436. The van der Waals surface area contributed by atoms with Gasteiger partial charge in [0.25, 0.3) is 0 Å². The SMILES string of the molecule is CN1c2ccccc2C2(c3ccccc3-c3ccccc32)c2cc(-c3ccc4c(c3)[Si]3(c5ccccc5-c5ccccc53)c3ccccc3N4C)ccc21. The third-order valence-electron chi connectivity index (χ3n) is 13.1. The van der Waals surface area contributed by atoms with Crippen LogP contribution < -0.4 is 30.5 Å². The Morgan fingerprint density at radius 1 is 0.333 bits per heavy atom. The highest BCUT2D eigenvalue weighted by Crippen LogP contribution is 2.62. The molecule has 0 amide bonds. The van der Waals surface area contributed by atoms with Crippen LogP contribution in [0.15, 0.2) is 182 Å². The van der Waals surface area contributed by atoms with Gasteiger partial charge in [-0.2, -0.15) is 0 Å². The second kappa shape index (κ2) is 10.6. The van der Waals surface area contributed by atoms with Gasteiger partial charge in [0.15, 0.2) is 8.07 Å². The summed E-state index contributed by atoms with van der Waals surface area (Å²) in [7, 11) is 1.80. The molecule has 0 N–H and O–H groups in total. The van der Waals surface area contributed by atoms with Gasteiger partial charge in [0.2, 0.25) is 0 Å². The molecule has 0 unspecified atom stereocenters. The molecule has 8 aromatic carbocycles. The molecule has 254 valence electrons. The number of para-hydroxylation sites is 2. The summed E-state index contributed by atoms with van der Waals surface area (Å²) in [5, 5.41) is 5.92. The second-order valence-corrected chi connectivity index (χ2v) is 19.0. The first-order valence-electron chi connectivity index (χ1n) is 19.0. The third kappa shape index (κ3) is 3.47. The van der Waals surface area contributed by atoms with E-state index in [9.17, 15) is 0 Å². The average Bonchev–Trinajstić information content (AvgIpc) is 3.70. The number of rotatable bonds is 1. The molecule has 4 aliphatic rings. The van der Waals surface area contributed by atoms with E-state index in [1.54, 1.807) is 0 Å². The summed E-state index contributed by atoms with van der Waals surface area (Å²) in [6.07, 6.45) is 0. The normalized spacial score (nSPS) is 15.4. The lowest BCUT2D eigenvalue weighted by atomic mass is 9.64. The molecular weight excluding hydrogens is 669 g/mol. The molecule has 0 aromatic heterocycles. The first-order chi connectivity index (χ1) is 26.6. The molecule has 0 saturated heterocycles. The topological polar surface area (TPSA) is 6.48 Å². The fourth-order valence-electron chi connectivity index (χ4n) is 11.0. The van der Waals surface area contributed by atoms with E-state index in [-0.39, 0.29) is 0 Å². The highest BCUT2D eigenvalue weighted by Gasteiger charge is 2.54. The predicted molar refractivity (Wildman–Crippen MR) is 228 cm³/mol. The standard InChI is InChI=1S/C51H36N2Si/c1-52-43-22-10-9-21-41(43)51(39-19-7-3-15-35(39)36-16-4-8-20-40(36)51)42-31-33(27-29-44(42)52)34-28-30-46-50(32-34)54(49-26-14-11-23-45(49)53(46)2)47-24-12-5-17-37(47)38-18-6-13-25-48(38)54/h3-32H,1-2H3. The van der Waals surface area contributed by atoms with E-state index < -0.39 is 13.5 Å². The van der Waals surface area contributed by atoms with Crippen LogP contribution in [0.5, 0.6) is 0 Å². The zero-order chi connectivity index (χ0) is 35.8. The Morgan fingerprint density at radius 2 is 0.759 bits per heavy atom. The summed E-state index contributed by atoms with van der Waals surface area (Å²) in [5.41, 5.74) is 18.0. The molecule has 1 aliphatic carbocycles. The Hall–Kier alpha value is -6.42.